The van der Waals surface area contributed by atoms with Crippen molar-refractivity contribution in [1.29, 1.82) is 0 Å². The summed E-state index contributed by atoms with van der Waals surface area (Å²) in [6, 6.07) is 20.8. The predicted molar refractivity (Wildman–Crippen MR) is 126 cm³/mol. The molecule has 0 heterocycles. The Morgan fingerprint density at radius 2 is 0.966 bits per heavy atom. The van der Waals surface area contributed by atoms with Gasteiger partial charge in [-0.05, 0) is 36.8 Å². The van der Waals surface area contributed by atoms with Crippen LogP contribution in [0, 0.1) is 0 Å². The number of benzene rings is 2. The van der Waals surface area contributed by atoms with Gasteiger partial charge < -0.3 is 9.47 Å². The molecule has 0 radical (unpaired) electrons. The SMILES string of the molecule is BrC(CCCCCCCOCc1ccccc1)CCCCOCc1ccccc1. The van der Waals surface area contributed by atoms with Crippen LogP contribution in [0.1, 0.15) is 68.9 Å². The van der Waals surface area contributed by atoms with Crippen LogP contribution < -0.4 is 0 Å². The Kier molecular flexibility index (Phi) is 13.8. The summed E-state index contributed by atoms with van der Waals surface area (Å²) in [7, 11) is 0. The van der Waals surface area contributed by atoms with Gasteiger partial charge in [0.1, 0.15) is 0 Å². The van der Waals surface area contributed by atoms with Crippen molar-refractivity contribution in [2.75, 3.05) is 13.2 Å². The third-order valence-corrected chi connectivity index (χ3v) is 6.00. The van der Waals surface area contributed by atoms with E-state index >= 15 is 0 Å². The van der Waals surface area contributed by atoms with Gasteiger partial charge in [-0.1, -0.05) is 109 Å². The molecule has 0 aromatic heterocycles. The van der Waals surface area contributed by atoms with Crippen molar-refractivity contribution in [2.45, 2.75) is 75.8 Å². The topological polar surface area (TPSA) is 18.5 Å². The van der Waals surface area contributed by atoms with Gasteiger partial charge in [-0.15, -0.1) is 0 Å². The van der Waals surface area contributed by atoms with Crippen molar-refractivity contribution < 1.29 is 9.47 Å². The van der Waals surface area contributed by atoms with E-state index in [9.17, 15) is 0 Å². The summed E-state index contributed by atoms with van der Waals surface area (Å²) in [6.45, 7) is 3.21. The van der Waals surface area contributed by atoms with Crippen molar-refractivity contribution in [3.05, 3.63) is 71.8 Å². The lowest BCUT2D eigenvalue weighted by Crippen LogP contribution is -2.00. The Morgan fingerprint density at radius 1 is 0.552 bits per heavy atom. The summed E-state index contributed by atoms with van der Waals surface area (Å²) in [6.07, 6.45) is 11.4. The zero-order valence-electron chi connectivity index (χ0n) is 17.7. The van der Waals surface area contributed by atoms with E-state index in [0.717, 1.165) is 32.8 Å². The highest BCUT2D eigenvalue weighted by Gasteiger charge is 2.04. The molecule has 0 spiro atoms. The molecule has 0 aliphatic carbocycles. The maximum absolute atomic E-state index is 5.75. The molecule has 0 saturated carbocycles. The Hall–Kier alpha value is -1.16. The highest BCUT2D eigenvalue weighted by molar-refractivity contribution is 9.09. The number of alkyl halides is 1. The number of unbranched alkanes of at least 4 members (excludes halogenated alkanes) is 5. The van der Waals surface area contributed by atoms with E-state index in [-0.39, 0.29) is 0 Å². The number of rotatable bonds is 17. The lowest BCUT2D eigenvalue weighted by Gasteiger charge is -2.10. The molecule has 0 saturated heterocycles. The van der Waals surface area contributed by atoms with Crippen molar-refractivity contribution in [2.24, 2.45) is 0 Å². The first-order chi connectivity index (χ1) is 14.3. The van der Waals surface area contributed by atoms with Gasteiger partial charge in [0.05, 0.1) is 13.2 Å². The summed E-state index contributed by atoms with van der Waals surface area (Å²) in [5.41, 5.74) is 2.52. The van der Waals surface area contributed by atoms with Gasteiger partial charge in [0.15, 0.2) is 0 Å². The van der Waals surface area contributed by atoms with Crippen molar-refractivity contribution in [3.8, 4) is 0 Å². The summed E-state index contributed by atoms with van der Waals surface area (Å²) in [4.78, 5) is 0.658. The summed E-state index contributed by atoms with van der Waals surface area (Å²) >= 11 is 3.85. The second-order valence-corrected chi connectivity index (χ2v) is 9.02. The standard InChI is InChI=1S/C26H37BrO2/c27-26(19-11-13-21-29-23-25-16-8-5-9-17-25)18-10-2-1-3-12-20-28-22-24-14-6-4-7-15-24/h4-9,14-17,26H,1-3,10-13,18-23H2. The van der Waals surface area contributed by atoms with Crippen LogP contribution in [-0.2, 0) is 22.7 Å². The Labute approximate surface area is 186 Å². The van der Waals surface area contributed by atoms with E-state index in [1.807, 2.05) is 12.1 Å². The highest BCUT2D eigenvalue weighted by Crippen LogP contribution is 2.18. The minimum Gasteiger partial charge on any atom is -0.377 e. The zero-order chi connectivity index (χ0) is 20.4. The first-order valence-corrected chi connectivity index (χ1v) is 12.1. The molecule has 0 aliphatic heterocycles. The van der Waals surface area contributed by atoms with Gasteiger partial charge in [0.25, 0.3) is 0 Å². The van der Waals surface area contributed by atoms with Gasteiger partial charge in [0.2, 0.25) is 0 Å². The van der Waals surface area contributed by atoms with Gasteiger partial charge in [-0.25, -0.2) is 0 Å². The van der Waals surface area contributed by atoms with Crippen molar-refractivity contribution in [1.82, 2.24) is 0 Å². The van der Waals surface area contributed by atoms with E-state index in [0.29, 0.717) is 4.83 Å². The largest absolute Gasteiger partial charge is 0.377 e. The number of hydrogen-bond donors (Lipinski definition) is 0. The lowest BCUT2D eigenvalue weighted by molar-refractivity contribution is 0.116. The molecule has 0 N–H and O–H groups in total. The van der Waals surface area contributed by atoms with Crippen LogP contribution in [0.3, 0.4) is 0 Å². The minimum atomic E-state index is 0.658. The average molecular weight is 461 g/mol. The molecular formula is C26H37BrO2. The summed E-state index contributed by atoms with van der Waals surface area (Å²) in [5.74, 6) is 0. The number of halogens is 1. The first-order valence-electron chi connectivity index (χ1n) is 11.2. The molecule has 0 fully saturated rings. The molecule has 0 aliphatic rings. The third-order valence-electron chi connectivity index (χ3n) is 5.09. The number of hydrogen-bond acceptors (Lipinski definition) is 2. The van der Waals surface area contributed by atoms with Gasteiger partial charge in [0, 0.05) is 18.0 Å². The van der Waals surface area contributed by atoms with Crippen LogP contribution in [0.2, 0.25) is 0 Å². The average Bonchev–Trinajstić information content (AvgIpc) is 2.76. The van der Waals surface area contributed by atoms with E-state index < -0.39 is 0 Å². The smallest absolute Gasteiger partial charge is 0.0716 e. The fraction of sp³-hybridized carbons (Fsp3) is 0.538. The Morgan fingerprint density at radius 3 is 1.52 bits per heavy atom. The van der Waals surface area contributed by atoms with E-state index in [1.54, 1.807) is 0 Å². The quantitative estimate of drug-likeness (QED) is 0.178. The van der Waals surface area contributed by atoms with Gasteiger partial charge in [-0.2, -0.15) is 0 Å². The fourth-order valence-corrected chi connectivity index (χ4v) is 3.99. The predicted octanol–water partition coefficient (Wildman–Crippen LogP) is 7.69. The second-order valence-electron chi connectivity index (χ2n) is 7.73. The molecule has 160 valence electrons. The second kappa shape index (κ2) is 16.6. The molecular weight excluding hydrogens is 424 g/mol. The van der Waals surface area contributed by atoms with E-state index in [2.05, 4.69) is 64.5 Å². The van der Waals surface area contributed by atoms with Gasteiger partial charge in [-0.3, -0.25) is 0 Å². The lowest BCUT2D eigenvalue weighted by atomic mass is 10.1. The molecule has 0 amide bonds. The van der Waals surface area contributed by atoms with Crippen molar-refractivity contribution >= 4 is 15.9 Å². The Bertz CT molecular complexity index is 603. The Balaban J connectivity index is 1.31. The first kappa shape index (κ1) is 24.1. The van der Waals surface area contributed by atoms with Crippen LogP contribution in [0.5, 0.6) is 0 Å². The molecule has 1 atom stereocenters. The normalized spacial score (nSPS) is 12.2. The van der Waals surface area contributed by atoms with E-state index in [4.69, 9.17) is 9.47 Å². The molecule has 2 aromatic carbocycles. The highest BCUT2D eigenvalue weighted by atomic mass is 79.9. The zero-order valence-corrected chi connectivity index (χ0v) is 19.3. The van der Waals surface area contributed by atoms with Crippen LogP contribution in [-0.4, -0.2) is 18.0 Å². The van der Waals surface area contributed by atoms with Crippen LogP contribution in [0.4, 0.5) is 0 Å². The molecule has 29 heavy (non-hydrogen) atoms. The fourth-order valence-electron chi connectivity index (χ4n) is 3.34. The third kappa shape index (κ3) is 12.9. The molecule has 3 heteroatoms. The van der Waals surface area contributed by atoms with Crippen LogP contribution in [0.15, 0.2) is 60.7 Å². The summed E-state index contributed by atoms with van der Waals surface area (Å²) in [5, 5.41) is 0. The molecule has 2 nitrogen and oxygen atoms in total. The minimum absolute atomic E-state index is 0.658. The molecule has 2 aromatic rings. The van der Waals surface area contributed by atoms with Crippen molar-refractivity contribution in [3.63, 3.8) is 0 Å². The summed E-state index contributed by atoms with van der Waals surface area (Å²) < 4.78 is 11.5. The number of ether oxygens (including phenoxy) is 2. The maximum Gasteiger partial charge on any atom is 0.0716 e. The van der Waals surface area contributed by atoms with E-state index in [1.165, 1.54) is 62.5 Å². The molecule has 2 rings (SSSR count). The molecule has 1 unspecified atom stereocenters. The maximum atomic E-state index is 5.75. The van der Waals surface area contributed by atoms with Crippen LogP contribution >= 0.6 is 15.9 Å². The van der Waals surface area contributed by atoms with Gasteiger partial charge >= 0.3 is 0 Å². The van der Waals surface area contributed by atoms with Crippen LogP contribution in [0.25, 0.3) is 0 Å². The monoisotopic (exact) mass is 460 g/mol. The molecule has 0 bridgehead atoms.